The molecular weight excluding hydrogens is 298 g/mol. The van der Waals surface area contributed by atoms with Crippen molar-refractivity contribution < 1.29 is 19.2 Å². The van der Waals surface area contributed by atoms with Crippen molar-refractivity contribution >= 4 is 28.7 Å². The standard InChI is InChI=1S/C16H13N3O4/c17-14-11-8-10(6-7-12(11)23-19-14)15(20)18-13(16(21)22)9-4-2-1-3-5-9/h1-8,13H,(H2,17,19)(H,18,20)(H,21,22)/t13-/m1/s1. The highest BCUT2D eigenvalue weighted by Crippen LogP contribution is 2.22. The molecule has 2 aromatic carbocycles. The fourth-order valence-electron chi connectivity index (χ4n) is 2.25. The van der Waals surface area contributed by atoms with Crippen molar-refractivity contribution in [3.63, 3.8) is 0 Å². The van der Waals surface area contributed by atoms with Gasteiger partial charge in [-0.2, -0.15) is 0 Å². The molecule has 23 heavy (non-hydrogen) atoms. The van der Waals surface area contributed by atoms with E-state index in [1.807, 2.05) is 0 Å². The number of carbonyl (C=O) groups excluding carboxylic acids is 1. The number of fused-ring (bicyclic) bond motifs is 1. The molecule has 4 N–H and O–H groups in total. The number of nitrogen functional groups attached to an aromatic ring is 1. The van der Waals surface area contributed by atoms with Crippen LogP contribution >= 0.6 is 0 Å². The fraction of sp³-hybridized carbons (Fsp3) is 0.0625. The van der Waals surface area contributed by atoms with E-state index in [0.717, 1.165) is 0 Å². The Hall–Kier alpha value is -3.35. The maximum absolute atomic E-state index is 12.3. The van der Waals surface area contributed by atoms with E-state index in [-0.39, 0.29) is 11.4 Å². The van der Waals surface area contributed by atoms with E-state index in [2.05, 4.69) is 10.5 Å². The average Bonchev–Trinajstić information content (AvgIpc) is 2.93. The van der Waals surface area contributed by atoms with Crippen molar-refractivity contribution in [1.82, 2.24) is 10.5 Å². The fourth-order valence-corrected chi connectivity index (χ4v) is 2.25. The Labute approximate surface area is 130 Å². The van der Waals surface area contributed by atoms with Crippen LogP contribution in [0.2, 0.25) is 0 Å². The second-order valence-electron chi connectivity index (χ2n) is 4.93. The Morgan fingerprint density at radius 3 is 2.61 bits per heavy atom. The zero-order chi connectivity index (χ0) is 16.4. The Morgan fingerprint density at radius 2 is 1.91 bits per heavy atom. The number of hydrogen-bond donors (Lipinski definition) is 3. The Balaban J connectivity index is 1.88. The van der Waals surface area contributed by atoms with Gasteiger partial charge >= 0.3 is 5.97 Å². The Morgan fingerprint density at radius 1 is 1.17 bits per heavy atom. The van der Waals surface area contributed by atoms with Gasteiger partial charge in [0.2, 0.25) is 0 Å². The number of rotatable bonds is 4. The third-order valence-electron chi connectivity index (χ3n) is 3.42. The van der Waals surface area contributed by atoms with Crippen LogP contribution in [0, 0.1) is 0 Å². The molecule has 0 saturated heterocycles. The van der Waals surface area contributed by atoms with Crippen LogP contribution in [0.4, 0.5) is 5.82 Å². The van der Waals surface area contributed by atoms with Gasteiger partial charge in [-0.05, 0) is 23.8 Å². The average molecular weight is 311 g/mol. The second-order valence-corrected chi connectivity index (χ2v) is 4.93. The van der Waals surface area contributed by atoms with Crippen molar-refractivity contribution in [2.75, 3.05) is 5.73 Å². The lowest BCUT2D eigenvalue weighted by Crippen LogP contribution is -2.33. The van der Waals surface area contributed by atoms with Gasteiger partial charge in [0, 0.05) is 5.56 Å². The van der Waals surface area contributed by atoms with Gasteiger partial charge in [0.15, 0.2) is 17.4 Å². The first-order valence-corrected chi connectivity index (χ1v) is 6.80. The summed E-state index contributed by atoms with van der Waals surface area (Å²) in [6, 6.07) is 11.9. The maximum Gasteiger partial charge on any atom is 0.330 e. The van der Waals surface area contributed by atoms with Gasteiger partial charge in [-0.3, -0.25) is 4.79 Å². The molecule has 7 nitrogen and oxygen atoms in total. The summed E-state index contributed by atoms with van der Waals surface area (Å²) in [5, 5.41) is 16.0. The van der Waals surface area contributed by atoms with Gasteiger partial charge in [-0.15, -0.1) is 0 Å². The molecule has 3 aromatic rings. The predicted molar refractivity (Wildman–Crippen MR) is 82.7 cm³/mol. The van der Waals surface area contributed by atoms with Gasteiger partial charge in [0.1, 0.15) is 0 Å². The molecule has 1 aromatic heterocycles. The van der Waals surface area contributed by atoms with Crippen LogP contribution in [0.3, 0.4) is 0 Å². The molecule has 0 fully saturated rings. The van der Waals surface area contributed by atoms with Gasteiger partial charge in [0.05, 0.1) is 5.39 Å². The van der Waals surface area contributed by atoms with Crippen LogP contribution in [0.25, 0.3) is 11.0 Å². The lowest BCUT2D eigenvalue weighted by atomic mass is 10.1. The summed E-state index contributed by atoms with van der Waals surface area (Å²) in [5.41, 5.74) is 6.87. The van der Waals surface area contributed by atoms with Crippen LogP contribution in [0.5, 0.6) is 0 Å². The van der Waals surface area contributed by atoms with E-state index in [1.165, 1.54) is 12.1 Å². The molecule has 0 spiro atoms. The minimum absolute atomic E-state index is 0.174. The first-order chi connectivity index (χ1) is 11.1. The molecule has 0 radical (unpaired) electrons. The number of anilines is 1. The minimum atomic E-state index is -1.14. The summed E-state index contributed by atoms with van der Waals surface area (Å²) in [6.07, 6.45) is 0. The number of carbonyl (C=O) groups is 2. The predicted octanol–water partition coefficient (Wildman–Crippen LogP) is 1.97. The largest absolute Gasteiger partial charge is 0.479 e. The summed E-state index contributed by atoms with van der Waals surface area (Å²) in [5.74, 6) is -1.49. The lowest BCUT2D eigenvalue weighted by Gasteiger charge is -2.14. The molecule has 0 aliphatic heterocycles. The van der Waals surface area contributed by atoms with Crippen LogP contribution in [0.1, 0.15) is 22.0 Å². The lowest BCUT2D eigenvalue weighted by molar-refractivity contribution is -0.139. The zero-order valence-electron chi connectivity index (χ0n) is 11.9. The first kappa shape index (κ1) is 14.6. The van der Waals surface area contributed by atoms with Crippen LogP contribution in [-0.2, 0) is 4.79 Å². The van der Waals surface area contributed by atoms with Gasteiger partial charge < -0.3 is 20.7 Å². The summed E-state index contributed by atoms with van der Waals surface area (Å²) in [4.78, 5) is 23.8. The third kappa shape index (κ3) is 2.84. The van der Waals surface area contributed by atoms with Crippen molar-refractivity contribution in [1.29, 1.82) is 0 Å². The summed E-state index contributed by atoms with van der Waals surface area (Å²) >= 11 is 0. The number of amides is 1. The van der Waals surface area contributed by atoms with Gasteiger partial charge in [-0.1, -0.05) is 35.5 Å². The molecule has 0 bridgehead atoms. The number of nitrogens with two attached hydrogens (primary N) is 1. The number of benzene rings is 2. The number of hydrogen-bond acceptors (Lipinski definition) is 5. The molecule has 1 heterocycles. The number of carboxylic acid groups (broad SMARTS) is 1. The molecule has 1 amide bonds. The smallest absolute Gasteiger partial charge is 0.330 e. The minimum Gasteiger partial charge on any atom is -0.479 e. The molecule has 116 valence electrons. The summed E-state index contributed by atoms with van der Waals surface area (Å²) in [6.45, 7) is 0. The quantitative estimate of drug-likeness (QED) is 0.678. The van der Waals surface area contributed by atoms with Crippen molar-refractivity contribution in [3.8, 4) is 0 Å². The molecular formula is C16H13N3O4. The second kappa shape index (κ2) is 5.80. The third-order valence-corrected chi connectivity index (χ3v) is 3.42. The van der Waals surface area contributed by atoms with Gasteiger partial charge in [-0.25, -0.2) is 4.79 Å². The highest BCUT2D eigenvalue weighted by atomic mass is 16.5. The topological polar surface area (TPSA) is 118 Å². The number of aliphatic carboxylic acids is 1. The normalized spacial score (nSPS) is 12.0. The van der Waals surface area contributed by atoms with Crippen molar-refractivity contribution in [2.45, 2.75) is 6.04 Å². The molecule has 0 unspecified atom stereocenters. The van der Waals surface area contributed by atoms with E-state index in [4.69, 9.17) is 10.3 Å². The highest BCUT2D eigenvalue weighted by molar-refractivity contribution is 6.01. The van der Waals surface area contributed by atoms with Crippen molar-refractivity contribution in [3.05, 3.63) is 59.7 Å². The van der Waals surface area contributed by atoms with Gasteiger partial charge in [0.25, 0.3) is 5.91 Å². The van der Waals surface area contributed by atoms with E-state index in [9.17, 15) is 14.7 Å². The molecule has 0 saturated carbocycles. The Kier molecular flexibility index (Phi) is 3.68. The molecule has 0 aliphatic rings. The molecule has 3 rings (SSSR count). The molecule has 7 heteroatoms. The highest BCUT2D eigenvalue weighted by Gasteiger charge is 2.22. The first-order valence-electron chi connectivity index (χ1n) is 6.80. The zero-order valence-corrected chi connectivity index (χ0v) is 11.9. The molecule has 1 atom stereocenters. The monoisotopic (exact) mass is 311 g/mol. The Bertz CT molecular complexity index is 873. The van der Waals surface area contributed by atoms with Crippen LogP contribution in [-0.4, -0.2) is 22.1 Å². The van der Waals surface area contributed by atoms with Crippen LogP contribution in [0.15, 0.2) is 53.1 Å². The summed E-state index contributed by atoms with van der Waals surface area (Å²) < 4.78 is 4.97. The maximum atomic E-state index is 12.3. The van der Waals surface area contributed by atoms with E-state index in [0.29, 0.717) is 16.5 Å². The SMILES string of the molecule is Nc1noc2ccc(C(=O)N[C@@H](C(=O)O)c3ccccc3)cc12. The van der Waals surface area contributed by atoms with E-state index in [1.54, 1.807) is 36.4 Å². The number of aromatic nitrogens is 1. The van der Waals surface area contributed by atoms with Crippen molar-refractivity contribution in [2.24, 2.45) is 0 Å². The van der Waals surface area contributed by atoms with E-state index >= 15 is 0 Å². The summed E-state index contributed by atoms with van der Waals surface area (Å²) in [7, 11) is 0. The van der Waals surface area contributed by atoms with E-state index < -0.39 is 17.9 Å². The van der Waals surface area contributed by atoms with Crippen LogP contribution < -0.4 is 11.1 Å². The number of nitrogens with zero attached hydrogens (tertiary/aromatic N) is 1. The number of nitrogens with one attached hydrogen (secondary N) is 1. The number of carboxylic acids is 1. The molecule has 0 aliphatic carbocycles.